The van der Waals surface area contributed by atoms with Gasteiger partial charge in [0, 0.05) is 17.5 Å². The van der Waals surface area contributed by atoms with Gasteiger partial charge in [-0.1, -0.05) is 0 Å². The average Bonchev–Trinajstić information content (AvgIpc) is 2.61. The minimum absolute atomic E-state index is 0.271. The van der Waals surface area contributed by atoms with Crippen molar-refractivity contribution in [1.82, 2.24) is 5.48 Å². The molecule has 0 saturated carbocycles. The molecule has 14 heavy (non-hydrogen) atoms. The standard InChI is InChI=1S/C10H10FNO2/c1-13-12-6-8-5-9(11)4-7-2-3-14-10(7)8/h2-5,12H,6H2,1H3. The lowest BCUT2D eigenvalue weighted by Gasteiger charge is -2.02. The molecule has 2 aromatic rings. The van der Waals surface area contributed by atoms with Gasteiger partial charge in [-0.25, -0.2) is 4.39 Å². The van der Waals surface area contributed by atoms with Crippen LogP contribution in [0.3, 0.4) is 0 Å². The monoisotopic (exact) mass is 195 g/mol. The average molecular weight is 195 g/mol. The van der Waals surface area contributed by atoms with Gasteiger partial charge < -0.3 is 9.25 Å². The molecule has 0 aliphatic heterocycles. The summed E-state index contributed by atoms with van der Waals surface area (Å²) >= 11 is 0. The van der Waals surface area contributed by atoms with E-state index in [0.717, 1.165) is 10.9 Å². The largest absolute Gasteiger partial charge is 0.464 e. The summed E-state index contributed by atoms with van der Waals surface area (Å²) in [5.41, 5.74) is 4.08. The van der Waals surface area contributed by atoms with Crippen molar-refractivity contribution in [1.29, 1.82) is 0 Å². The van der Waals surface area contributed by atoms with Crippen molar-refractivity contribution < 1.29 is 13.6 Å². The van der Waals surface area contributed by atoms with Crippen molar-refractivity contribution in [3.63, 3.8) is 0 Å². The summed E-state index contributed by atoms with van der Waals surface area (Å²) in [4.78, 5) is 4.70. The number of hydrogen-bond donors (Lipinski definition) is 1. The van der Waals surface area contributed by atoms with Gasteiger partial charge in [-0.2, -0.15) is 5.48 Å². The molecule has 1 heterocycles. The van der Waals surface area contributed by atoms with Crippen molar-refractivity contribution in [2.45, 2.75) is 6.54 Å². The van der Waals surface area contributed by atoms with Crippen molar-refractivity contribution >= 4 is 11.0 Å². The SMILES string of the molecule is CONCc1cc(F)cc2ccoc12. The molecule has 0 spiro atoms. The summed E-state index contributed by atoms with van der Waals surface area (Å²) in [5, 5.41) is 0.762. The lowest BCUT2D eigenvalue weighted by atomic mass is 10.1. The van der Waals surface area contributed by atoms with Crippen LogP contribution in [-0.4, -0.2) is 7.11 Å². The second-order valence-electron chi connectivity index (χ2n) is 2.93. The van der Waals surface area contributed by atoms with Crippen molar-refractivity contribution in [3.8, 4) is 0 Å². The van der Waals surface area contributed by atoms with Crippen molar-refractivity contribution in [2.24, 2.45) is 0 Å². The normalized spacial score (nSPS) is 11.0. The molecule has 0 unspecified atom stereocenters. The predicted octanol–water partition coefficient (Wildman–Crippen LogP) is 2.22. The van der Waals surface area contributed by atoms with Crippen LogP contribution in [-0.2, 0) is 11.4 Å². The highest BCUT2D eigenvalue weighted by molar-refractivity contribution is 5.80. The summed E-state index contributed by atoms with van der Waals surface area (Å²) in [6.07, 6.45) is 1.54. The number of benzene rings is 1. The van der Waals surface area contributed by atoms with Gasteiger partial charge in [-0.3, -0.25) is 0 Å². The van der Waals surface area contributed by atoms with Crippen LogP contribution in [0.15, 0.2) is 28.9 Å². The Morgan fingerprint density at radius 2 is 2.36 bits per heavy atom. The highest BCUT2D eigenvalue weighted by Crippen LogP contribution is 2.21. The topological polar surface area (TPSA) is 34.4 Å². The first-order valence-electron chi connectivity index (χ1n) is 4.22. The van der Waals surface area contributed by atoms with Gasteiger partial charge in [0.15, 0.2) is 0 Å². The zero-order chi connectivity index (χ0) is 9.97. The van der Waals surface area contributed by atoms with E-state index in [0.29, 0.717) is 12.1 Å². The third kappa shape index (κ3) is 1.62. The first kappa shape index (κ1) is 9.18. The van der Waals surface area contributed by atoms with Gasteiger partial charge in [0.05, 0.1) is 13.4 Å². The molecular weight excluding hydrogens is 185 g/mol. The van der Waals surface area contributed by atoms with Crippen molar-refractivity contribution in [2.75, 3.05) is 7.11 Å². The molecule has 1 N–H and O–H groups in total. The number of nitrogens with one attached hydrogen (secondary N) is 1. The fraction of sp³-hybridized carbons (Fsp3) is 0.200. The quantitative estimate of drug-likeness (QED) is 0.762. The summed E-state index contributed by atoms with van der Waals surface area (Å²) in [6.45, 7) is 0.415. The Bertz CT molecular complexity index is 439. The maximum absolute atomic E-state index is 13.1. The molecule has 0 aliphatic carbocycles. The number of halogens is 1. The Morgan fingerprint density at radius 3 is 3.14 bits per heavy atom. The smallest absolute Gasteiger partial charge is 0.138 e. The third-order valence-electron chi connectivity index (χ3n) is 2.00. The molecule has 0 fully saturated rings. The van der Waals surface area contributed by atoms with Gasteiger partial charge in [0.25, 0.3) is 0 Å². The van der Waals surface area contributed by atoms with Crippen LogP contribution in [0.2, 0.25) is 0 Å². The van der Waals surface area contributed by atoms with Crippen LogP contribution in [0.1, 0.15) is 5.56 Å². The van der Waals surface area contributed by atoms with Crippen LogP contribution in [0.5, 0.6) is 0 Å². The van der Waals surface area contributed by atoms with Gasteiger partial charge in [-0.05, 0) is 18.2 Å². The van der Waals surface area contributed by atoms with Crippen LogP contribution in [0.4, 0.5) is 4.39 Å². The first-order valence-corrected chi connectivity index (χ1v) is 4.22. The second kappa shape index (κ2) is 3.77. The summed E-state index contributed by atoms with van der Waals surface area (Å²) in [7, 11) is 1.51. The van der Waals surface area contributed by atoms with Crippen molar-refractivity contribution in [3.05, 3.63) is 35.8 Å². The molecule has 0 radical (unpaired) electrons. The van der Waals surface area contributed by atoms with Crippen LogP contribution < -0.4 is 5.48 Å². The number of hydroxylamine groups is 1. The molecule has 0 amide bonds. The Kier molecular flexibility index (Phi) is 2.47. The maximum Gasteiger partial charge on any atom is 0.138 e. The summed E-state index contributed by atoms with van der Waals surface area (Å²) in [6, 6.07) is 4.60. The third-order valence-corrected chi connectivity index (χ3v) is 2.00. The maximum atomic E-state index is 13.1. The number of hydrogen-bond acceptors (Lipinski definition) is 3. The van der Waals surface area contributed by atoms with E-state index in [4.69, 9.17) is 9.25 Å². The molecule has 4 heteroatoms. The van der Waals surface area contributed by atoms with E-state index in [-0.39, 0.29) is 5.82 Å². The minimum Gasteiger partial charge on any atom is -0.464 e. The molecule has 1 aromatic heterocycles. The van der Waals surface area contributed by atoms with Gasteiger partial charge in [0.1, 0.15) is 11.4 Å². The first-order chi connectivity index (χ1) is 6.81. The molecule has 0 saturated heterocycles. The zero-order valence-corrected chi connectivity index (χ0v) is 7.71. The molecule has 74 valence electrons. The van der Waals surface area contributed by atoms with E-state index < -0.39 is 0 Å². The Balaban J connectivity index is 2.44. The summed E-state index contributed by atoms with van der Waals surface area (Å²) in [5.74, 6) is -0.271. The van der Waals surface area contributed by atoms with Crippen LogP contribution in [0, 0.1) is 5.82 Å². The van der Waals surface area contributed by atoms with Gasteiger partial charge in [-0.15, -0.1) is 0 Å². The highest BCUT2D eigenvalue weighted by Gasteiger charge is 2.06. The fourth-order valence-corrected chi connectivity index (χ4v) is 1.40. The molecule has 0 atom stereocenters. The fourth-order valence-electron chi connectivity index (χ4n) is 1.40. The van der Waals surface area contributed by atoms with E-state index in [1.54, 1.807) is 12.3 Å². The number of fused-ring (bicyclic) bond motifs is 1. The van der Waals surface area contributed by atoms with E-state index >= 15 is 0 Å². The van der Waals surface area contributed by atoms with Crippen LogP contribution in [0.25, 0.3) is 11.0 Å². The van der Waals surface area contributed by atoms with E-state index in [2.05, 4.69) is 5.48 Å². The highest BCUT2D eigenvalue weighted by atomic mass is 19.1. The molecule has 0 aliphatic rings. The summed E-state index contributed by atoms with van der Waals surface area (Å²) < 4.78 is 18.3. The van der Waals surface area contributed by atoms with E-state index in [9.17, 15) is 4.39 Å². The van der Waals surface area contributed by atoms with Gasteiger partial charge >= 0.3 is 0 Å². The van der Waals surface area contributed by atoms with E-state index in [1.807, 2.05) is 0 Å². The second-order valence-corrected chi connectivity index (χ2v) is 2.93. The molecular formula is C10H10FNO2. The molecule has 3 nitrogen and oxygen atoms in total. The minimum atomic E-state index is -0.271. The lowest BCUT2D eigenvalue weighted by molar-refractivity contribution is 0.0867. The number of furan rings is 1. The van der Waals surface area contributed by atoms with Crippen LogP contribution >= 0.6 is 0 Å². The predicted molar refractivity (Wildman–Crippen MR) is 50.0 cm³/mol. The Morgan fingerprint density at radius 1 is 1.50 bits per heavy atom. The number of rotatable bonds is 3. The van der Waals surface area contributed by atoms with Gasteiger partial charge in [0.2, 0.25) is 0 Å². The molecule has 1 aromatic carbocycles. The lowest BCUT2D eigenvalue weighted by Crippen LogP contribution is -2.11. The van der Waals surface area contributed by atoms with E-state index in [1.165, 1.54) is 19.2 Å². The Hall–Kier alpha value is -1.39. The molecule has 2 rings (SSSR count). The Labute approximate surface area is 80.4 Å². The zero-order valence-electron chi connectivity index (χ0n) is 7.71. The molecule has 0 bridgehead atoms.